The number of hydrogen-bond donors (Lipinski definition) is 1. The van der Waals surface area contributed by atoms with E-state index in [-0.39, 0.29) is 6.04 Å². The van der Waals surface area contributed by atoms with Crippen LogP contribution in [0.3, 0.4) is 0 Å². The fourth-order valence-electron chi connectivity index (χ4n) is 2.45. The number of nitrogens with zero attached hydrogens (tertiary/aromatic N) is 1. The lowest BCUT2D eigenvalue weighted by molar-refractivity contribution is 0.463. The Morgan fingerprint density at radius 2 is 1.86 bits per heavy atom. The molecule has 0 atom stereocenters. The normalized spacial score (nSPS) is 16.0. The third-order valence-electron chi connectivity index (χ3n) is 4.05. The largest absolute Gasteiger partial charge is 0.310 e. The van der Waals surface area contributed by atoms with Gasteiger partial charge in [-0.3, -0.25) is 0 Å². The van der Waals surface area contributed by atoms with Crippen LogP contribution in [0, 0.1) is 13.8 Å². The summed E-state index contributed by atoms with van der Waals surface area (Å²) in [7, 11) is -1.69. The Kier molecular flexibility index (Phi) is 4.76. The molecule has 5 heteroatoms. The zero-order valence-corrected chi connectivity index (χ0v) is 14.4. The molecule has 1 fully saturated rings. The monoisotopic (exact) mass is 310 g/mol. The zero-order chi connectivity index (χ0) is 15.8. The Bertz CT molecular complexity index is 619. The first-order valence-corrected chi connectivity index (χ1v) is 8.99. The molecule has 1 N–H and O–H groups in total. The van der Waals surface area contributed by atoms with Gasteiger partial charge in [-0.05, 0) is 49.4 Å². The quantitative estimate of drug-likeness (QED) is 0.878. The van der Waals surface area contributed by atoms with Crippen LogP contribution in [0.5, 0.6) is 0 Å². The summed E-state index contributed by atoms with van der Waals surface area (Å²) in [5, 5.41) is 3.36. The smallest absolute Gasteiger partial charge is 0.243 e. The average molecular weight is 310 g/mol. The van der Waals surface area contributed by atoms with E-state index in [1.807, 2.05) is 26.0 Å². The summed E-state index contributed by atoms with van der Waals surface area (Å²) in [5.41, 5.74) is 3.01. The SMILES string of the molecule is Cc1cc(C)c(S(=O)(=O)N(C)C2CC2)cc1CNC(C)C. The van der Waals surface area contributed by atoms with Crippen molar-refractivity contribution in [2.24, 2.45) is 0 Å². The predicted octanol–water partition coefficient (Wildman–Crippen LogP) is 2.58. The van der Waals surface area contributed by atoms with E-state index in [2.05, 4.69) is 19.2 Å². The Morgan fingerprint density at radius 3 is 2.38 bits per heavy atom. The molecule has 1 aromatic rings. The molecule has 0 spiro atoms. The Labute approximate surface area is 128 Å². The highest BCUT2D eigenvalue weighted by atomic mass is 32.2. The van der Waals surface area contributed by atoms with Crippen LogP contribution < -0.4 is 5.32 Å². The first-order valence-electron chi connectivity index (χ1n) is 7.55. The van der Waals surface area contributed by atoms with E-state index in [1.54, 1.807) is 7.05 Å². The molecule has 0 amide bonds. The number of benzene rings is 1. The second-order valence-corrected chi connectivity index (χ2v) is 8.30. The molecule has 1 aromatic carbocycles. The van der Waals surface area contributed by atoms with Crippen LogP contribution in [0.2, 0.25) is 0 Å². The van der Waals surface area contributed by atoms with E-state index >= 15 is 0 Å². The van der Waals surface area contributed by atoms with Crippen molar-refractivity contribution in [3.63, 3.8) is 0 Å². The molecule has 0 bridgehead atoms. The minimum Gasteiger partial charge on any atom is -0.310 e. The van der Waals surface area contributed by atoms with Crippen LogP contribution in [0.4, 0.5) is 0 Å². The van der Waals surface area contributed by atoms with Gasteiger partial charge in [0.15, 0.2) is 0 Å². The molecule has 0 unspecified atom stereocenters. The molecule has 0 radical (unpaired) electrons. The maximum absolute atomic E-state index is 12.7. The van der Waals surface area contributed by atoms with Crippen LogP contribution in [-0.4, -0.2) is 31.9 Å². The van der Waals surface area contributed by atoms with Crippen LogP contribution in [0.25, 0.3) is 0 Å². The summed E-state index contributed by atoms with van der Waals surface area (Å²) in [4.78, 5) is 0.447. The van der Waals surface area contributed by atoms with Gasteiger partial charge in [0, 0.05) is 25.7 Å². The van der Waals surface area contributed by atoms with Gasteiger partial charge >= 0.3 is 0 Å². The Balaban J connectivity index is 2.36. The molecule has 2 rings (SSSR count). The molecule has 118 valence electrons. The van der Waals surface area contributed by atoms with E-state index < -0.39 is 10.0 Å². The number of nitrogens with one attached hydrogen (secondary N) is 1. The lowest BCUT2D eigenvalue weighted by Gasteiger charge is -2.20. The fraction of sp³-hybridized carbons (Fsp3) is 0.625. The summed E-state index contributed by atoms with van der Waals surface area (Å²) in [6.45, 7) is 8.77. The van der Waals surface area contributed by atoms with Gasteiger partial charge in [-0.25, -0.2) is 8.42 Å². The van der Waals surface area contributed by atoms with E-state index in [4.69, 9.17) is 0 Å². The molecule has 1 aliphatic rings. The third-order valence-corrected chi connectivity index (χ3v) is 6.10. The second kappa shape index (κ2) is 6.07. The summed E-state index contributed by atoms with van der Waals surface area (Å²) in [6.07, 6.45) is 1.95. The van der Waals surface area contributed by atoms with Crippen molar-refractivity contribution < 1.29 is 8.42 Å². The minimum absolute atomic E-state index is 0.188. The maximum Gasteiger partial charge on any atom is 0.243 e. The van der Waals surface area contributed by atoms with Gasteiger partial charge in [-0.2, -0.15) is 4.31 Å². The number of hydrogen-bond acceptors (Lipinski definition) is 3. The molecule has 0 aromatic heterocycles. The number of sulfonamides is 1. The van der Waals surface area contributed by atoms with Gasteiger partial charge < -0.3 is 5.32 Å². The van der Waals surface area contributed by atoms with Crippen LogP contribution in [0.15, 0.2) is 17.0 Å². The van der Waals surface area contributed by atoms with Crippen molar-refractivity contribution >= 4 is 10.0 Å². The second-order valence-electron chi connectivity index (χ2n) is 6.33. The molecule has 0 heterocycles. The van der Waals surface area contributed by atoms with E-state index in [0.29, 0.717) is 17.5 Å². The highest BCUT2D eigenvalue weighted by molar-refractivity contribution is 7.89. The van der Waals surface area contributed by atoms with Gasteiger partial charge in [0.05, 0.1) is 4.90 Å². The van der Waals surface area contributed by atoms with Crippen LogP contribution >= 0.6 is 0 Å². The fourth-order valence-corrected chi connectivity index (χ4v) is 4.12. The first kappa shape index (κ1) is 16.5. The zero-order valence-electron chi connectivity index (χ0n) is 13.6. The van der Waals surface area contributed by atoms with E-state index in [9.17, 15) is 8.42 Å². The summed E-state index contributed by atoms with van der Waals surface area (Å²) < 4.78 is 27.0. The van der Waals surface area contributed by atoms with Crippen molar-refractivity contribution in [1.29, 1.82) is 0 Å². The Morgan fingerprint density at radius 1 is 1.24 bits per heavy atom. The number of aryl methyl sites for hydroxylation is 2. The third kappa shape index (κ3) is 3.65. The topological polar surface area (TPSA) is 49.4 Å². The van der Waals surface area contributed by atoms with Crippen LogP contribution in [-0.2, 0) is 16.6 Å². The molecule has 0 aliphatic heterocycles. The number of rotatable bonds is 6. The van der Waals surface area contributed by atoms with Gasteiger partial charge in [0.2, 0.25) is 10.0 Å². The average Bonchev–Trinajstić information content (AvgIpc) is 3.20. The van der Waals surface area contributed by atoms with Gasteiger partial charge in [-0.1, -0.05) is 19.9 Å². The van der Waals surface area contributed by atoms with E-state index in [0.717, 1.165) is 29.5 Å². The molecular formula is C16H26N2O2S. The molecule has 0 saturated heterocycles. The predicted molar refractivity (Wildman–Crippen MR) is 85.9 cm³/mol. The molecule has 1 saturated carbocycles. The van der Waals surface area contributed by atoms with Gasteiger partial charge in [0.1, 0.15) is 0 Å². The standard InChI is InChI=1S/C16H26N2O2S/c1-11(2)17-10-14-9-16(13(4)8-12(14)3)21(19,20)18(5)15-6-7-15/h8-9,11,15,17H,6-7,10H2,1-5H3. The maximum atomic E-state index is 12.7. The highest BCUT2D eigenvalue weighted by Gasteiger charge is 2.35. The molecule has 4 nitrogen and oxygen atoms in total. The van der Waals surface area contributed by atoms with Gasteiger partial charge in [0.25, 0.3) is 0 Å². The summed E-state index contributed by atoms with van der Waals surface area (Å²) in [6, 6.07) is 4.38. The highest BCUT2D eigenvalue weighted by Crippen LogP contribution is 2.32. The molecule has 21 heavy (non-hydrogen) atoms. The van der Waals surface area contributed by atoms with E-state index in [1.165, 1.54) is 4.31 Å². The van der Waals surface area contributed by atoms with Crippen molar-refractivity contribution in [3.05, 3.63) is 28.8 Å². The minimum atomic E-state index is -3.38. The van der Waals surface area contributed by atoms with Crippen LogP contribution in [0.1, 0.15) is 43.4 Å². The lowest BCUT2D eigenvalue weighted by Crippen LogP contribution is -2.30. The van der Waals surface area contributed by atoms with Crippen molar-refractivity contribution in [2.45, 2.75) is 64.1 Å². The summed E-state index contributed by atoms with van der Waals surface area (Å²) in [5.74, 6) is 0. The first-order chi connectivity index (χ1) is 9.73. The van der Waals surface area contributed by atoms with Gasteiger partial charge in [-0.15, -0.1) is 0 Å². The summed E-state index contributed by atoms with van der Waals surface area (Å²) >= 11 is 0. The van der Waals surface area contributed by atoms with Crippen molar-refractivity contribution in [2.75, 3.05) is 7.05 Å². The Hall–Kier alpha value is -0.910. The molecular weight excluding hydrogens is 284 g/mol. The van der Waals surface area contributed by atoms with Crippen molar-refractivity contribution in [1.82, 2.24) is 9.62 Å². The van der Waals surface area contributed by atoms with Crippen molar-refractivity contribution in [3.8, 4) is 0 Å². The molecule has 1 aliphatic carbocycles. The lowest BCUT2D eigenvalue weighted by atomic mass is 10.1.